The maximum atomic E-state index is 11.9. The number of hydrogen-bond donors (Lipinski definition) is 0. The van der Waals surface area contributed by atoms with Crippen LogP contribution >= 0.6 is 8.25 Å². The van der Waals surface area contributed by atoms with Crippen LogP contribution in [0.15, 0.2) is 70.5 Å². The van der Waals surface area contributed by atoms with E-state index in [1.807, 2.05) is 0 Å². The van der Waals surface area contributed by atoms with Gasteiger partial charge < -0.3 is 0 Å². The first kappa shape index (κ1) is 18.7. The highest BCUT2D eigenvalue weighted by molar-refractivity contribution is 7.91. The van der Waals surface area contributed by atoms with Gasteiger partial charge in [-0.15, -0.1) is 9.05 Å². The van der Waals surface area contributed by atoms with E-state index < -0.39 is 39.8 Å². The molecule has 2 rings (SSSR count). The molecule has 0 amide bonds. The Balaban J connectivity index is 1.90. The molecule has 0 unspecified atom stereocenters. The molecule has 0 atom stereocenters. The molecule has 0 N–H and O–H groups in total. The van der Waals surface area contributed by atoms with Crippen molar-refractivity contribution in [2.45, 2.75) is 9.79 Å². The van der Waals surface area contributed by atoms with Crippen molar-refractivity contribution in [2.24, 2.45) is 0 Å². The predicted octanol–water partition coefficient (Wildman–Crippen LogP) is 2.54. The molecule has 0 saturated carbocycles. The van der Waals surface area contributed by atoms with Gasteiger partial charge >= 0.3 is 8.25 Å². The summed E-state index contributed by atoms with van der Waals surface area (Å²) >= 11 is 0. The van der Waals surface area contributed by atoms with Crippen molar-refractivity contribution >= 4 is 27.9 Å². The minimum atomic E-state index is -3.80. The van der Waals surface area contributed by atoms with E-state index in [0.29, 0.717) is 0 Å². The van der Waals surface area contributed by atoms with Crippen LogP contribution in [0.3, 0.4) is 0 Å². The number of hydrogen-bond acceptors (Lipinski definition) is 7. The first-order valence-electron chi connectivity index (χ1n) is 6.60. The van der Waals surface area contributed by atoms with E-state index >= 15 is 0 Å². The SMILES string of the molecule is O=[P+](OCS(=O)(=O)c1ccccc1)OCS(=O)(=O)c1ccccc1. The second kappa shape index (κ2) is 7.96. The summed E-state index contributed by atoms with van der Waals surface area (Å²) in [5.74, 6) is -1.75. The molecule has 2 aromatic carbocycles. The first-order chi connectivity index (χ1) is 11.3. The van der Waals surface area contributed by atoms with E-state index in [-0.39, 0.29) is 9.79 Å². The Morgan fingerprint density at radius 1 is 0.667 bits per heavy atom. The van der Waals surface area contributed by atoms with Gasteiger partial charge in [0.2, 0.25) is 31.6 Å². The highest BCUT2D eigenvalue weighted by Crippen LogP contribution is 2.27. The maximum Gasteiger partial charge on any atom is 0.699 e. The van der Waals surface area contributed by atoms with Crippen LogP contribution in [0.1, 0.15) is 0 Å². The molecule has 2 aromatic rings. The van der Waals surface area contributed by atoms with Gasteiger partial charge in [-0.05, 0) is 24.3 Å². The molecule has 0 saturated heterocycles. The molecule has 0 heterocycles. The Hall–Kier alpha value is -1.64. The Kier molecular flexibility index (Phi) is 6.20. The molecule has 128 valence electrons. The molecule has 0 spiro atoms. The van der Waals surface area contributed by atoms with Gasteiger partial charge in [0.05, 0.1) is 9.79 Å². The smallest absolute Gasteiger partial charge is 0.221 e. The number of rotatable bonds is 8. The van der Waals surface area contributed by atoms with E-state index in [1.165, 1.54) is 48.5 Å². The Morgan fingerprint density at radius 3 is 1.33 bits per heavy atom. The third kappa shape index (κ3) is 5.19. The molecule has 24 heavy (non-hydrogen) atoms. The predicted molar refractivity (Wildman–Crippen MR) is 86.8 cm³/mol. The summed E-state index contributed by atoms with van der Waals surface area (Å²) in [4.78, 5) is 0.00983. The molecular weight excluding hydrogens is 375 g/mol. The minimum absolute atomic E-state index is 0.00491. The lowest BCUT2D eigenvalue weighted by Gasteiger charge is -2.00. The molecule has 7 nitrogen and oxygen atoms in total. The largest absolute Gasteiger partial charge is 0.699 e. The van der Waals surface area contributed by atoms with E-state index in [2.05, 4.69) is 9.05 Å². The van der Waals surface area contributed by atoms with Crippen LogP contribution in [0.2, 0.25) is 0 Å². The summed E-state index contributed by atoms with van der Waals surface area (Å²) in [5.41, 5.74) is 0. The van der Waals surface area contributed by atoms with Crippen LogP contribution in [0.5, 0.6) is 0 Å². The van der Waals surface area contributed by atoms with Crippen molar-refractivity contribution in [3.8, 4) is 0 Å². The van der Waals surface area contributed by atoms with Gasteiger partial charge in [-0.2, -0.15) is 0 Å². The van der Waals surface area contributed by atoms with Crippen molar-refractivity contribution in [2.75, 3.05) is 11.9 Å². The quantitative estimate of drug-likeness (QED) is 0.639. The average Bonchev–Trinajstić information content (AvgIpc) is 2.60. The number of benzene rings is 2. The highest BCUT2D eigenvalue weighted by atomic mass is 32.2. The molecule has 0 aliphatic rings. The molecule has 0 aliphatic heterocycles. The maximum absolute atomic E-state index is 11.9. The summed E-state index contributed by atoms with van der Waals surface area (Å²) in [6.07, 6.45) is 0. The topological polar surface area (TPSA) is 104 Å². The van der Waals surface area contributed by atoms with Gasteiger partial charge in [0.1, 0.15) is 0 Å². The highest BCUT2D eigenvalue weighted by Gasteiger charge is 2.29. The van der Waals surface area contributed by atoms with Crippen LogP contribution in [0.25, 0.3) is 0 Å². The molecule has 0 aromatic heterocycles. The fourth-order valence-electron chi connectivity index (χ4n) is 1.65. The van der Waals surface area contributed by atoms with E-state index in [0.717, 1.165) is 0 Å². The fourth-order valence-corrected chi connectivity index (χ4v) is 4.94. The van der Waals surface area contributed by atoms with Crippen LogP contribution in [0, 0.1) is 0 Å². The molecule has 0 fully saturated rings. The lowest BCUT2D eigenvalue weighted by atomic mass is 10.4. The minimum Gasteiger partial charge on any atom is -0.221 e. The van der Waals surface area contributed by atoms with Gasteiger partial charge in [-0.1, -0.05) is 36.4 Å². The first-order valence-corrected chi connectivity index (χ1v) is 11.0. The molecular formula is C14H14O7PS2+. The Morgan fingerprint density at radius 2 is 1.00 bits per heavy atom. The Labute approximate surface area is 141 Å². The fraction of sp³-hybridized carbons (Fsp3) is 0.143. The van der Waals surface area contributed by atoms with Crippen molar-refractivity contribution in [3.63, 3.8) is 0 Å². The monoisotopic (exact) mass is 389 g/mol. The second-order valence-electron chi connectivity index (χ2n) is 4.57. The van der Waals surface area contributed by atoms with Crippen molar-refractivity contribution in [1.29, 1.82) is 0 Å². The third-order valence-electron chi connectivity index (χ3n) is 2.83. The molecule has 0 bridgehead atoms. The molecule has 0 aliphatic carbocycles. The zero-order valence-electron chi connectivity index (χ0n) is 12.3. The normalized spacial score (nSPS) is 12.0. The molecule has 10 heteroatoms. The van der Waals surface area contributed by atoms with E-state index in [9.17, 15) is 21.4 Å². The van der Waals surface area contributed by atoms with Crippen molar-refractivity contribution in [3.05, 3.63) is 60.7 Å². The summed E-state index contributed by atoms with van der Waals surface area (Å²) in [6, 6.07) is 14.9. The van der Waals surface area contributed by atoms with Crippen LogP contribution < -0.4 is 0 Å². The third-order valence-corrected chi connectivity index (χ3v) is 6.70. The van der Waals surface area contributed by atoms with Crippen LogP contribution in [-0.4, -0.2) is 28.7 Å². The van der Waals surface area contributed by atoms with Gasteiger partial charge in [0.15, 0.2) is 0 Å². The van der Waals surface area contributed by atoms with Gasteiger partial charge in [0, 0.05) is 4.57 Å². The van der Waals surface area contributed by atoms with Gasteiger partial charge in [0.25, 0.3) is 0 Å². The standard InChI is InChI=1S/C14H14O7PS2/c15-22(20-11-23(16,17)13-7-3-1-4-8-13)21-12-24(18,19)14-9-5-2-6-10-14/h1-10H,11-12H2/q+1. The van der Waals surface area contributed by atoms with E-state index in [1.54, 1.807) is 12.1 Å². The van der Waals surface area contributed by atoms with Crippen molar-refractivity contribution in [1.82, 2.24) is 0 Å². The van der Waals surface area contributed by atoms with Crippen LogP contribution in [-0.2, 0) is 33.3 Å². The summed E-state index contributed by atoms with van der Waals surface area (Å²) in [5, 5.41) is 0. The zero-order valence-corrected chi connectivity index (χ0v) is 14.8. The summed E-state index contributed by atoms with van der Waals surface area (Å²) < 4.78 is 68.6. The Bertz CT molecular complexity index is 819. The van der Waals surface area contributed by atoms with Crippen LogP contribution in [0.4, 0.5) is 0 Å². The van der Waals surface area contributed by atoms with E-state index in [4.69, 9.17) is 0 Å². The second-order valence-corrected chi connectivity index (χ2v) is 9.41. The zero-order chi connectivity index (χ0) is 17.6. The van der Waals surface area contributed by atoms with Gasteiger partial charge in [-0.3, -0.25) is 0 Å². The average molecular weight is 389 g/mol. The lowest BCUT2D eigenvalue weighted by Crippen LogP contribution is -2.10. The molecule has 0 radical (unpaired) electrons. The summed E-state index contributed by atoms with van der Waals surface area (Å²) in [6.45, 7) is 0. The lowest BCUT2D eigenvalue weighted by molar-refractivity contribution is 0.275. The van der Waals surface area contributed by atoms with Crippen molar-refractivity contribution < 1.29 is 30.4 Å². The van der Waals surface area contributed by atoms with Gasteiger partial charge in [-0.25, -0.2) is 16.8 Å². The number of sulfone groups is 2. The summed E-state index contributed by atoms with van der Waals surface area (Å²) in [7, 11) is -10.5.